The molecule has 5 heteroatoms. The molecule has 0 unspecified atom stereocenters. The fraction of sp³-hybridized carbons (Fsp3) is 0.600. The minimum Gasteiger partial charge on any atom is -0.357 e. The summed E-state index contributed by atoms with van der Waals surface area (Å²) in [6, 6.07) is 4.77. The van der Waals surface area contributed by atoms with E-state index in [4.69, 9.17) is 4.99 Å². The number of rotatable bonds is 5. The van der Waals surface area contributed by atoms with E-state index in [1.807, 2.05) is 6.20 Å². The molecule has 0 radical (unpaired) electrons. The molecule has 2 heterocycles. The summed E-state index contributed by atoms with van der Waals surface area (Å²) in [4.78, 5) is 11.8. The van der Waals surface area contributed by atoms with E-state index >= 15 is 0 Å². The van der Waals surface area contributed by atoms with Gasteiger partial charge in [-0.2, -0.15) is 0 Å². The van der Waals surface area contributed by atoms with E-state index in [1.165, 1.54) is 12.8 Å². The molecule has 0 atom stereocenters. The van der Waals surface area contributed by atoms with Crippen LogP contribution in [0, 0.1) is 5.92 Å². The summed E-state index contributed by atoms with van der Waals surface area (Å²) in [5.41, 5.74) is 1.15. The third-order valence-electron chi connectivity index (χ3n) is 5.03. The van der Waals surface area contributed by atoms with Crippen LogP contribution in [-0.2, 0) is 6.54 Å². The highest BCUT2D eigenvalue weighted by Crippen LogP contribution is 2.21. The third-order valence-corrected chi connectivity index (χ3v) is 5.03. The van der Waals surface area contributed by atoms with Crippen molar-refractivity contribution in [2.45, 2.75) is 52.1 Å². The van der Waals surface area contributed by atoms with Gasteiger partial charge in [0.15, 0.2) is 5.96 Å². The van der Waals surface area contributed by atoms with E-state index < -0.39 is 0 Å². The fourth-order valence-corrected chi connectivity index (χ4v) is 3.35. The van der Waals surface area contributed by atoms with Gasteiger partial charge in [0.1, 0.15) is 5.82 Å². The van der Waals surface area contributed by atoms with Crippen molar-refractivity contribution >= 4 is 11.8 Å². The van der Waals surface area contributed by atoms with Crippen molar-refractivity contribution < 1.29 is 0 Å². The van der Waals surface area contributed by atoms with Gasteiger partial charge in [-0.25, -0.2) is 9.98 Å². The molecule has 1 saturated heterocycles. The SMILES string of the molecule is CCNC(=NCc1ccc(N2CCC(C)CC2)nc1)NC1CC=CC1. The molecule has 2 aliphatic rings. The molecule has 0 aromatic carbocycles. The van der Waals surface area contributed by atoms with Gasteiger partial charge >= 0.3 is 0 Å². The molecule has 5 nitrogen and oxygen atoms in total. The first kappa shape index (κ1) is 17.8. The lowest BCUT2D eigenvalue weighted by Gasteiger charge is -2.31. The maximum Gasteiger partial charge on any atom is 0.191 e. The smallest absolute Gasteiger partial charge is 0.191 e. The molecule has 2 N–H and O–H groups in total. The Labute approximate surface area is 151 Å². The number of guanidine groups is 1. The standard InChI is InChI=1S/C20H31N5/c1-3-21-20(24-18-6-4-5-7-18)23-15-17-8-9-19(22-14-17)25-12-10-16(2)11-13-25/h4-5,8-9,14,16,18H,3,6-7,10-13,15H2,1-2H3,(H2,21,23,24). The van der Waals surface area contributed by atoms with Crippen LogP contribution in [0.3, 0.4) is 0 Å². The van der Waals surface area contributed by atoms with Gasteiger partial charge in [-0.15, -0.1) is 0 Å². The Hall–Kier alpha value is -2.04. The van der Waals surface area contributed by atoms with E-state index in [1.54, 1.807) is 0 Å². The lowest BCUT2D eigenvalue weighted by atomic mass is 9.99. The van der Waals surface area contributed by atoms with Crippen LogP contribution in [-0.4, -0.2) is 36.6 Å². The third kappa shape index (κ3) is 5.21. The van der Waals surface area contributed by atoms with Crippen LogP contribution in [0.5, 0.6) is 0 Å². The number of hydrogen-bond acceptors (Lipinski definition) is 3. The van der Waals surface area contributed by atoms with E-state index in [2.05, 4.69) is 58.6 Å². The van der Waals surface area contributed by atoms with Crippen LogP contribution in [0.4, 0.5) is 5.82 Å². The molecular formula is C20H31N5. The number of nitrogens with one attached hydrogen (secondary N) is 2. The van der Waals surface area contributed by atoms with Crippen LogP contribution < -0.4 is 15.5 Å². The Morgan fingerprint density at radius 2 is 2.00 bits per heavy atom. The Morgan fingerprint density at radius 1 is 1.24 bits per heavy atom. The van der Waals surface area contributed by atoms with Crippen LogP contribution in [0.2, 0.25) is 0 Å². The zero-order valence-electron chi connectivity index (χ0n) is 15.5. The van der Waals surface area contributed by atoms with Crippen molar-refractivity contribution in [3.63, 3.8) is 0 Å². The summed E-state index contributed by atoms with van der Waals surface area (Å²) in [5, 5.41) is 6.83. The summed E-state index contributed by atoms with van der Waals surface area (Å²) in [7, 11) is 0. The summed E-state index contributed by atoms with van der Waals surface area (Å²) in [5.74, 6) is 2.84. The summed E-state index contributed by atoms with van der Waals surface area (Å²) in [6.45, 7) is 8.20. The first-order valence-corrected chi connectivity index (χ1v) is 9.64. The number of hydrogen-bond donors (Lipinski definition) is 2. The quantitative estimate of drug-likeness (QED) is 0.491. The van der Waals surface area contributed by atoms with Gasteiger partial charge < -0.3 is 15.5 Å². The number of pyridine rings is 1. The molecular weight excluding hydrogens is 310 g/mol. The molecule has 136 valence electrons. The zero-order chi connectivity index (χ0) is 17.5. The number of nitrogens with zero attached hydrogens (tertiary/aromatic N) is 3. The van der Waals surface area contributed by atoms with Gasteiger partial charge in [0.25, 0.3) is 0 Å². The predicted molar refractivity (Wildman–Crippen MR) is 105 cm³/mol. The van der Waals surface area contributed by atoms with Gasteiger partial charge in [-0.05, 0) is 50.2 Å². The molecule has 0 bridgehead atoms. The first-order chi connectivity index (χ1) is 12.2. The largest absolute Gasteiger partial charge is 0.357 e. The van der Waals surface area contributed by atoms with E-state index in [0.29, 0.717) is 12.6 Å². The summed E-state index contributed by atoms with van der Waals surface area (Å²) < 4.78 is 0. The lowest BCUT2D eigenvalue weighted by molar-refractivity contribution is 0.436. The van der Waals surface area contributed by atoms with E-state index in [0.717, 1.165) is 55.7 Å². The number of piperidine rings is 1. The summed E-state index contributed by atoms with van der Waals surface area (Å²) >= 11 is 0. The minimum absolute atomic E-state index is 0.472. The topological polar surface area (TPSA) is 52.6 Å². The average molecular weight is 342 g/mol. The van der Waals surface area contributed by atoms with Crippen molar-refractivity contribution in [1.82, 2.24) is 15.6 Å². The second-order valence-electron chi connectivity index (χ2n) is 7.17. The van der Waals surface area contributed by atoms with Gasteiger partial charge in [-0.3, -0.25) is 0 Å². The van der Waals surface area contributed by atoms with Crippen LogP contribution >= 0.6 is 0 Å². The normalized spacial score (nSPS) is 19.4. The summed E-state index contributed by atoms with van der Waals surface area (Å²) in [6.07, 6.45) is 11.1. The van der Waals surface area contributed by atoms with E-state index in [9.17, 15) is 0 Å². The molecule has 0 amide bonds. The van der Waals surface area contributed by atoms with Crippen molar-refractivity contribution in [3.8, 4) is 0 Å². The minimum atomic E-state index is 0.472. The number of aliphatic imine (C=N–C) groups is 1. The monoisotopic (exact) mass is 341 g/mol. The van der Waals surface area contributed by atoms with Gasteiger partial charge in [0, 0.05) is 31.9 Å². The van der Waals surface area contributed by atoms with Crippen LogP contribution in [0.1, 0.15) is 45.1 Å². The Kier molecular flexibility index (Phi) is 6.31. The van der Waals surface area contributed by atoms with Crippen LogP contribution in [0.15, 0.2) is 35.5 Å². The second-order valence-corrected chi connectivity index (χ2v) is 7.17. The van der Waals surface area contributed by atoms with Gasteiger partial charge in [0.05, 0.1) is 6.54 Å². The van der Waals surface area contributed by atoms with Crippen molar-refractivity contribution in [3.05, 3.63) is 36.0 Å². The molecule has 1 fully saturated rings. The van der Waals surface area contributed by atoms with Gasteiger partial charge in [0.2, 0.25) is 0 Å². The average Bonchev–Trinajstić information content (AvgIpc) is 3.14. The molecule has 1 aliphatic heterocycles. The number of aromatic nitrogens is 1. The molecule has 0 saturated carbocycles. The highest BCUT2D eigenvalue weighted by atomic mass is 15.2. The molecule has 25 heavy (non-hydrogen) atoms. The molecule has 1 aromatic rings. The molecule has 1 aromatic heterocycles. The number of anilines is 1. The predicted octanol–water partition coefficient (Wildman–Crippen LogP) is 3.09. The zero-order valence-corrected chi connectivity index (χ0v) is 15.5. The molecule has 0 spiro atoms. The molecule has 3 rings (SSSR count). The Balaban J connectivity index is 1.55. The Morgan fingerprint density at radius 3 is 2.64 bits per heavy atom. The first-order valence-electron chi connectivity index (χ1n) is 9.64. The van der Waals surface area contributed by atoms with Crippen LogP contribution in [0.25, 0.3) is 0 Å². The lowest BCUT2D eigenvalue weighted by Crippen LogP contribution is -2.42. The molecule has 1 aliphatic carbocycles. The van der Waals surface area contributed by atoms with Gasteiger partial charge in [-0.1, -0.05) is 25.1 Å². The maximum absolute atomic E-state index is 4.71. The maximum atomic E-state index is 4.71. The highest BCUT2D eigenvalue weighted by molar-refractivity contribution is 5.80. The Bertz CT molecular complexity index is 577. The van der Waals surface area contributed by atoms with Crippen molar-refractivity contribution in [2.24, 2.45) is 10.9 Å². The van der Waals surface area contributed by atoms with Crippen molar-refractivity contribution in [2.75, 3.05) is 24.5 Å². The van der Waals surface area contributed by atoms with Crippen molar-refractivity contribution in [1.29, 1.82) is 0 Å². The second kappa shape index (κ2) is 8.88. The van der Waals surface area contributed by atoms with E-state index in [-0.39, 0.29) is 0 Å². The fourth-order valence-electron chi connectivity index (χ4n) is 3.35. The highest BCUT2D eigenvalue weighted by Gasteiger charge is 2.16.